The molecule has 4 atom stereocenters. The molecule has 2 aromatic rings. The summed E-state index contributed by atoms with van der Waals surface area (Å²) in [7, 11) is 0. The Morgan fingerprint density at radius 1 is 0.724 bits per heavy atom. The van der Waals surface area contributed by atoms with E-state index in [0.717, 1.165) is 28.7 Å². The third kappa shape index (κ3) is 5.46. The van der Waals surface area contributed by atoms with Crippen molar-refractivity contribution >= 4 is 11.6 Å². The fourth-order valence-corrected chi connectivity index (χ4v) is 6.13. The molecule has 0 heterocycles. The maximum atomic E-state index is 6.03. The molecule has 4 rings (SSSR count). The smallest absolute Gasteiger partial charge is 0.0406 e. The molecule has 2 saturated carbocycles. The van der Waals surface area contributed by atoms with E-state index in [1.165, 1.54) is 81.8 Å². The van der Waals surface area contributed by atoms with Crippen LogP contribution in [0.5, 0.6) is 0 Å². The Bertz CT molecular complexity index is 745. The first-order valence-corrected chi connectivity index (χ1v) is 12.5. The highest BCUT2D eigenvalue weighted by Crippen LogP contribution is 2.48. The van der Waals surface area contributed by atoms with Gasteiger partial charge in [-0.1, -0.05) is 93.4 Å². The predicted octanol–water partition coefficient (Wildman–Crippen LogP) is 9.28. The van der Waals surface area contributed by atoms with Crippen molar-refractivity contribution in [3.8, 4) is 11.1 Å². The van der Waals surface area contributed by atoms with Crippen LogP contribution < -0.4 is 0 Å². The number of hydrogen-bond donors (Lipinski definition) is 0. The number of hydrogen-bond acceptors (Lipinski definition) is 0. The second-order valence-corrected chi connectivity index (χ2v) is 10.1. The molecular weight excluding hydrogens is 372 g/mol. The molecule has 29 heavy (non-hydrogen) atoms. The summed E-state index contributed by atoms with van der Waals surface area (Å²) in [6, 6.07) is 17.6. The Hall–Kier alpha value is -1.27. The average Bonchev–Trinajstić information content (AvgIpc) is 2.77. The van der Waals surface area contributed by atoms with Crippen LogP contribution in [0.3, 0.4) is 0 Å². The molecule has 2 fully saturated rings. The van der Waals surface area contributed by atoms with Crippen molar-refractivity contribution < 1.29 is 0 Å². The summed E-state index contributed by atoms with van der Waals surface area (Å²) >= 11 is 6.03. The van der Waals surface area contributed by atoms with Gasteiger partial charge in [0.25, 0.3) is 0 Å². The molecule has 2 aliphatic carbocycles. The van der Waals surface area contributed by atoms with E-state index in [-0.39, 0.29) is 0 Å². The van der Waals surface area contributed by atoms with Crippen LogP contribution in [0.1, 0.15) is 89.0 Å². The molecule has 0 bridgehead atoms. The molecule has 0 aromatic heterocycles. The quantitative estimate of drug-likeness (QED) is 0.400. The number of fused-ring (bicyclic) bond motifs is 1. The summed E-state index contributed by atoms with van der Waals surface area (Å²) in [5.74, 6) is 3.81. The van der Waals surface area contributed by atoms with E-state index >= 15 is 0 Å². The average molecular weight is 409 g/mol. The van der Waals surface area contributed by atoms with Gasteiger partial charge in [0.05, 0.1) is 0 Å². The molecule has 0 aliphatic heterocycles. The first-order valence-electron chi connectivity index (χ1n) is 12.1. The zero-order valence-corrected chi connectivity index (χ0v) is 18.8. The van der Waals surface area contributed by atoms with E-state index in [9.17, 15) is 0 Å². The first-order chi connectivity index (χ1) is 14.2. The second kappa shape index (κ2) is 10.2. The lowest BCUT2D eigenvalue weighted by atomic mass is 9.63. The van der Waals surface area contributed by atoms with E-state index in [4.69, 9.17) is 11.6 Å². The van der Waals surface area contributed by atoms with E-state index in [1.807, 2.05) is 12.1 Å². The minimum atomic E-state index is 0.775. The Morgan fingerprint density at radius 3 is 2.10 bits per heavy atom. The molecule has 0 saturated heterocycles. The summed E-state index contributed by atoms with van der Waals surface area (Å²) < 4.78 is 0. The van der Waals surface area contributed by atoms with Crippen LogP contribution in [0, 0.1) is 17.8 Å². The number of rotatable bonds is 7. The van der Waals surface area contributed by atoms with Crippen molar-refractivity contribution in [2.45, 2.75) is 83.5 Å². The van der Waals surface area contributed by atoms with Crippen molar-refractivity contribution in [2.24, 2.45) is 17.8 Å². The van der Waals surface area contributed by atoms with Crippen LogP contribution in [0.15, 0.2) is 48.5 Å². The summed E-state index contributed by atoms with van der Waals surface area (Å²) in [4.78, 5) is 0. The van der Waals surface area contributed by atoms with Crippen LogP contribution in [-0.4, -0.2) is 0 Å². The Balaban J connectivity index is 1.30. The van der Waals surface area contributed by atoms with Crippen LogP contribution in [0.4, 0.5) is 0 Å². The van der Waals surface area contributed by atoms with Crippen molar-refractivity contribution in [3.05, 3.63) is 59.1 Å². The molecule has 0 amide bonds. The van der Waals surface area contributed by atoms with Gasteiger partial charge in [-0.2, -0.15) is 0 Å². The van der Waals surface area contributed by atoms with E-state index < -0.39 is 0 Å². The summed E-state index contributed by atoms with van der Waals surface area (Å²) in [5, 5.41) is 0.804. The van der Waals surface area contributed by atoms with Gasteiger partial charge in [0.15, 0.2) is 0 Å². The molecule has 2 aromatic carbocycles. The van der Waals surface area contributed by atoms with Crippen LogP contribution in [0.2, 0.25) is 5.02 Å². The molecule has 4 unspecified atom stereocenters. The summed E-state index contributed by atoms with van der Waals surface area (Å²) in [6.45, 7) is 2.31. The maximum Gasteiger partial charge on any atom is 0.0406 e. The maximum absolute atomic E-state index is 6.03. The molecule has 0 spiro atoms. The first kappa shape index (κ1) is 21.0. The van der Waals surface area contributed by atoms with Gasteiger partial charge in [0.2, 0.25) is 0 Å². The predicted molar refractivity (Wildman–Crippen MR) is 127 cm³/mol. The third-order valence-corrected chi connectivity index (χ3v) is 8.00. The van der Waals surface area contributed by atoms with Gasteiger partial charge in [-0.15, -0.1) is 0 Å². The standard InChI is InChI=1S/C28H37Cl/c1-2-3-4-5-6-21-7-8-27-20-26(14-13-25(27)19-21)24-11-9-22(10-12-24)23-15-17-28(29)18-16-23/h9-12,15-18,21,25-27H,2-8,13-14,19-20H2,1H3. The molecule has 2 aliphatic rings. The second-order valence-electron chi connectivity index (χ2n) is 9.69. The highest BCUT2D eigenvalue weighted by atomic mass is 35.5. The molecular formula is C28H37Cl. The lowest BCUT2D eigenvalue weighted by Crippen LogP contribution is -2.30. The van der Waals surface area contributed by atoms with Gasteiger partial charge in [0.1, 0.15) is 0 Å². The highest BCUT2D eigenvalue weighted by molar-refractivity contribution is 6.30. The van der Waals surface area contributed by atoms with Crippen molar-refractivity contribution in [1.29, 1.82) is 0 Å². The normalized spacial score (nSPS) is 26.8. The fraction of sp³-hybridized carbons (Fsp3) is 0.571. The zero-order chi connectivity index (χ0) is 20.1. The van der Waals surface area contributed by atoms with Gasteiger partial charge in [0, 0.05) is 5.02 Å². The molecule has 156 valence electrons. The molecule has 0 radical (unpaired) electrons. The molecule has 0 nitrogen and oxygen atoms in total. The summed E-state index contributed by atoms with van der Waals surface area (Å²) in [5.41, 5.74) is 4.10. The van der Waals surface area contributed by atoms with Gasteiger partial charge in [-0.05, 0) is 84.6 Å². The largest absolute Gasteiger partial charge is 0.0843 e. The van der Waals surface area contributed by atoms with Gasteiger partial charge >= 0.3 is 0 Å². The SMILES string of the molecule is CCCCCCC1CCC2CC(c3ccc(-c4ccc(Cl)cc4)cc3)CCC2C1. The van der Waals surface area contributed by atoms with Crippen molar-refractivity contribution in [3.63, 3.8) is 0 Å². The van der Waals surface area contributed by atoms with E-state index in [1.54, 1.807) is 5.56 Å². The summed E-state index contributed by atoms with van der Waals surface area (Å²) in [6.07, 6.45) is 16.0. The lowest BCUT2D eigenvalue weighted by molar-refractivity contribution is 0.113. The zero-order valence-electron chi connectivity index (χ0n) is 18.1. The Labute approximate surface area is 183 Å². The minimum absolute atomic E-state index is 0.775. The minimum Gasteiger partial charge on any atom is -0.0843 e. The van der Waals surface area contributed by atoms with Crippen molar-refractivity contribution in [1.82, 2.24) is 0 Å². The monoisotopic (exact) mass is 408 g/mol. The van der Waals surface area contributed by atoms with E-state index in [2.05, 4.69) is 43.3 Å². The number of benzene rings is 2. The number of unbranched alkanes of at least 4 members (excludes halogenated alkanes) is 3. The Kier molecular flexibility index (Phi) is 7.35. The Morgan fingerprint density at radius 2 is 1.38 bits per heavy atom. The van der Waals surface area contributed by atoms with Crippen LogP contribution >= 0.6 is 11.6 Å². The van der Waals surface area contributed by atoms with Crippen molar-refractivity contribution in [2.75, 3.05) is 0 Å². The number of halogens is 1. The van der Waals surface area contributed by atoms with Crippen LogP contribution in [-0.2, 0) is 0 Å². The molecule has 1 heteroatoms. The lowest BCUT2D eigenvalue weighted by Gasteiger charge is -2.42. The van der Waals surface area contributed by atoms with Gasteiger partial charge in [-0.3, -0.25) is 0 Å². The van der Waals surface area contributed by atoms with E-state index in [0.29, 0.717) is 0 Å². The van der Waals surface area contributed by atoms with Crippen LogP contribution in [0.25, 0.3) is 11.1 Å². The third-order valence-electron chi connectivity index (χ3n) is 7.75. The highest BCUT2D eigenvalue weighted by Gasteiger charge is 2.35. The molecule has 0 N–H and O–H groups in total. The van der Waals surface area contributed by atoms with Gasteiger partial charge in [-0.25, -0.2) is 0 Å². The topological polar surface area (TPSA) is 0 Å². The fourth-order valence-electron chi connectivity index (χ4n) is 6.00. The van der Waals surface area contributed by atoms with Gasteiger partial charge < -0.3 is 0 Å².